The molecular weight excluding hydrogens is 614 g/mol. The second kappa shape index (κ2) is 31.0. The Kier molecular flexibility index (Phi) is 34.5. The van der Waals surface area contributed by atoms with Crippen molar-refractivity contribution in [3.63, 3.8) is 0 Å². The number of nitrogens with two attached hydrogens (primary N) is 7. The average Bonchev–Trinajstić information content (AvgIpc) is 2.91. The van der Waals surface area contributed by atoms with Crippen molar-refractivity contribution in [1.29, 1.82) is 0 Å². The Bertz CT molecular complexity index is 885. The predicted octanol–water partition coefficient (Wildman–Crippen LogP) is -4.25. The summed E-state index contributed by atoms with van der Waals surface area (Å²) in [6.07, 6.45) is 1.53. The molecular formula is C23H47N7O15. The summed E-state index contributed by atoms with van der Waals surface area (Å²) in [4.78, 5) is 79.3. The molecule has 0 saturated heterocycles. The van der Waals surface area contributed by atoms with Crippen LogP contribution in [0.4, 0.5) is 0 Å². The average molecular weight is 662 g/mol. The van der Waals surface area contributed by atoms with Gasteiger partial charge in [-0.3, -0.25) is 38.4 Å². The lowest BCUT2D eigenvalue weighted by atomic mass is 10.1. The van der Waals surface area contributed by atoms with Gasteiger partial charge >= 0.3 is 41.8 Å². The maximum absolute atomic E-state index is 10.1. The Morgan fingerprint density at radius 3 is 1.07 bits per heavy atom. The molecule has 0 aliphatic rings. The molecule has 45 heavy (non-hydrogen) atoms. The zero-order chi connectivity index (χ0) is 36.9. The molecule has 0 aromatic rings. The molecule has 0 saturated carbocycles. The van der Waals surface area contributed by atoms with Crippen molar-refractivity contribution in [2.75, 3.05) is 6.54 Å². The van der Waals surface area contributed by atoms with Gasteiger partial charge in [0.15, 0.2) is 0 Å². The summed E-state index contributed by atoms with van der Waals surface area (Å²) in [6.45, 7) is 2.02. The molecule has 22 heteroatoms. The van der Waals surface area contributed by atoms with Crippen LogP contribution in [0.1, 0.15) is 58.3 Å². The molecule has 0 aliphatic heterocycles. The van der Waals surface area contributed by atoms with E-state index in [1.165, 1.54) is 6.92 Å². The monoisotopic (exact) mass is 661 g/mol. The van der Waals surface area contributed by atoms with Crippen LogP contribution in [0.3, 0.4) is 0 Å². The molecule has 0 spiro atoms. The molecule has 0 aromatic carbocycles. The molecule has 0 unspecified atom stereocenters. The third kappa shape index (κ3) is 46.7. The van der Waals surface area contributed by atoms with Gasteiger partial charge in [0.1, 0.15) is 30.2 Å². The van der Waals surface area contributed by atoms with Crippen LogP contribution in [0.15, 0.2) is 0 Å². The highest BCUT2D eigenvalue weighted by molar-refractivity contribution is 5.80. The number of primary amides is 1. The number of hydrogen-bond donors (Lipinski definition) is 14. The van der Waals surface area contributed by atoms with Crippen molar-refractivity contribution in [2.45, 2.75) is 88.5 Å². The van der Waals surface area contributed by atoms with Gasteiger partial charge in [0.25, 0.3) is 0 Å². The lowest BCUT2D eigenvalue weighted by molar-refractivity contribution is -0.144. The largest absolute Gasteiger partial charge is 0.481 e. The van der Waals surface area contributed by atoms with Gasteiger partial charge in [-0.1, -0.05) is 6.42 Å². The number of aliphatic carboxylic acids is 7. The number of carbonyl (C=O) groups is 8. The van der Waals surface area contributed by atoms with E-state index in [-0.39, 0.29) is 25.7 Å². The van der Waals surface area contributed by atoms with Crippen LogP contribution in [0, 0.1) is 0 Å². The lowest BCUT2D eigenvalue weighted by Gasteiger charge is -2.03. The Hall–Kier alpha value is -4.48. The molecule has 21 N–H and O–H groups in total. The van der Waals surface area contributed by atoms with Crippen LogP contribution in [0.25, 0.3) is 0 Å². The predicted molar refractivity (Wildman–Crippen MR) is 154 cm³/mol. The summed E-state index contributed by atoms with van der Waals surface area (Å²) in [5.74, 6) is -8.23. The summed E-state index contributed by atoms with van der Waals surface area (Å²) in [7, 11) is 0. The molecule has 1 amide bonds. The van der Waals surface area contributed by atoms with E-state index < -0.39 is 84.3 Å². The minimum absolute atomic E-state index is 0.0213. The summed E-state index contributed by atoms with van der Waals surface area (Å²) in [6, 6.07) is -4.78. The quantitative estimate of drug-likeness (QED) is 0.0656. The number of carboxylic acid groups (broad SMARTS) is 7. The van der Waals surface area contributed by atoms with Crippen LogP contribution in [-0.4, -0.2) is 120 Å². The Labute approximate surface area is 257 Å². The second-order valence-electron chi connectivity index (χ2n) is 8.73. The van der Waals surface area contributed by atoms with Crippen molar-refractivity contribution in [3.05, 3.63) is 0 Å². The van der Waals surface area contributed by atoms with Crippen molar-refractivity contribution in [2.24, 2.45) is 40.1 Å². The van der Waals surface area contributed by atoms with Crippen LogP contribution in [0.5, 0.6) is 0 Å². The van der Waals surface area contributed by atoms with Gasteiger partial charge in [0.2, 0.25) is 5.91 Å². The van der Waals surface area contributed by atoms with E-state index in [9.17, 15) is 38.4 Å². The van der Waals surface area contributed by atoms with Crippen molar-refractivity contribution >= 4 is 47.7 Å². The molecule has 0 heterocycles. The van der Waals surface area contributed by atoms with E-state index in [0.29, 0.717) is 13.0 Å². The maximum Gasteiger partial charge on any atom is 0.321 e. The number of carbonyl (C=O) groups excluding carboxylic acids is 1. The fraction of sp³-hybridized carbons (Fsp3) is 0.652. The number of unbranched alkanes of at least 4 members (excludes halogenated alkanes) is 1. The van der Waals surface area contributed by atoms with E-state index in [2.05, 4.69) is 0 Å². The van der Waals surface area contributed by atoms with Gasteiger partial charge < -0.3 is 75.9 Å². The van der Waals surface area contributed by atoms with Crippen LogP contribution < -0.4 is 40.1 Å². The van der Waals surface area contributed by atoms with E-state index in [1.54, 1.807) is 0 Å². The minimum atomic E-state index is -1.29. The molecule has 0 aromatic heterocycles. The zero-order valence-electron chi connectivity index (χ0n) is 24.7. The van der Waals surface area contributed by atoms with Crippen molar-refractivity contribution in [1.82, 2.24) is 0 Å². The first kappa shape index (κ1) is 50.2. The smallest absolute Gasteiger partial charge is 0.321 e. The van der Waals surface area contributed by atoms with Crippen molar-refractivity contribution < 1.29 is 74.1 Å². The Morgan fingerprint density at radius 2 is 0.844 bits per heavy atom. The van der Waals surface area contributed by atoms with E-state index in [1.807, 2.05) is 0 Å². The first-order valence-corrected chi connectivity index (χ1v) is 12.8. The summed E-state index contributed by atoms with van der Waals surface area (Å²) in [5.41, 5.74) is 34.9. The number of carboxylic acids is 7. The maximum atomic E-state index is 10.1. The van der Waals surface area contributed by atoms with Gasteiger partial charge in [-0.05, 0) is 39.2 Å². The summed E-state index contributed by atoms with van der Waals surface area (Å²) in [5, 5.41) is 56.7. The normalized spacial score (nSPS) is 12.8. The van der Waals surface area contributed by atoms with Crippen molar-refractivity contribution in [3.8, 4) is 0 Å². The number of rotatable bonds is 17. The molecule has 0 aliphatic carbocycles. The van der Waals surface area contributed by atoms with Crippen LogP contribution >= 0.6 is 0 Å². The highest BCUT2D eigenvalue weighted by Gasteiger charge is 2.15. The number of hydrogen-bond acceptors (Lipinski definition) is 14. The highest BCUT2D eigenvalue weighted by atomic mass is 16.4. The first-order chi connectivity index (χ1) is 20.4. The minimum Gasteiger partial charge on any atom is -0.481 e. The third-order valence-corrected chi connectivity index (χ3v) is 4.39. The standard InChI is InChI=1S/C6H14N2O2.C5H10N2O3.C5H9NO4.C4H7NO4.C3H7NO2/c7-4-2-1-3-5(8)6(9)10;2*6-3(5(9)10)1-2-4(7)8;5-2(4(8)9)1-3(6)7;1-2(4)3(5)6/h5H,1-4,7-8H2,(H,9,10);3H,1-2,6H2,(H2,7,8)(H,9,10);3H,1-2,6H2,(H,7,8)(H,9,10);2H,1,5H2,(H,6,7)(H,8,9);2H,4H2,1H3,(H,5,6)/t5-;2*3-;2*2-/m00000/s1. The lowest BCUT2D eigenvalue weighted by Crippen LogP contribution is -2.32. The molecule has 5 atom stereocenters. The first-order valence-electron chi connectivity index (χ1n) is 12.8. The highest BCUT2D eigenvalue weighted by Crippen LogP contribution is 1.97. The van der Waals surface area contributed by atoms with Gasteiger partial charge in [0, 0.05) is 12.8 Å². The Morgan fingerprint density at radius 1 is 0.511 bits per heavy atom. The Balaban J connectivity index is -0.000000150. The molecule has 264 valence electrons. The SMILES string of the molecule is C[C@H](N)C(=O)O.NC(=O)CC[C@H](N)C(=O)O.NCCCC[C@H](N)C(=O)O.N[C@@H](CC(=O)O)C(=O)O.N[C@@H](CCC(=O)O)C(=O)O. The molecule has 0 radical (unpaired) electrons. The molecule has 0 bridgehead atoms. The summed E-state index contributed by atoms with van der Waals surface area (Å²) < 4.78 is 0. The summed E-state index contributed by atoms with van der Waals surface area (Å²) >= 11 is 0. The number of amides is 1. The van der Waals surface area contributed by atoms with Gasteiger partial charge in [-0.25, -0.2) is 0 Å². The van der Waals surface area contributed by atoms with Gasteiger partial charge in [-0.15, -0.1) is 0 Å². The molecule has 22 nitrogen and oxygen atoms in total. The fourth-order valence-corrected chi connectivity index (χ4v) is 1.73. The molecule has 0 fully saturated rings. The topological polar surface area (TPSA) is 460 Å². The van der Waals surface area contributed by atoms with Gasteiger partial charge in [-0.2, -0.15) is 0 Å². The van der Waals surface area contributed by atoms with Gasteiger partial charge in [0.05, 0.1) is 6.42 Å². The van der Waals surface area contributed by atoms with E-state index >= 15 is 0 Å². The van der Waals surface area contributed by atoms with Crippen LogP contribution in [-0.2, 0) is 38.4 Å². The second-order valence-corrected chi connectivity index (χ2v) is 8.73. The fourth-order valence-electron chi connectivity index (χ4n) is 1.73. The molecule has 0 rings (SSSR count). The zero-order valence-corrected chi connectivity index (χ0v) is 24.7. The van der Waals surface area contributed by atoms with E-state index in [4.69, 9.17) is 75.9 Å². The van der Waals surface area contributed by atoms with E-state index in [0.717, 1.165) is 12.8 Å². The van der Waals surface area contributed by atoms with Crippen LogP contribution in [0.2, 0.25) is 0 Å². The third-order valence-electron chi connectivity index (χ3n) is 4.39.